The molecular weight excluding hydrogens is 232 g/mol. The van der Waals surface area contributed by atoms with E-state index in [0.717, 1.165) is 16.9 Å². The van der Waals surface area contributed by atoms with Gasteiger partial charge in [-0.05, 0) is 44.0 Å². The summed E-state index contributed by atoms with van der Waals surface area (Å²) in [6.07, 6.45) is 0. The van der Waals surface area contributed by atoms with E-state index < -0.39 is 11.9 Å². The average molecular weight is 250 g/mol. The van der Waals surface area contributed by atoms with Crippen LogP contribution in [0.1, 0.15) is 28.4 Å². The average Bonchev–Trinajstić information content (AvgIpc) is 2.38. The molecule has 1 atom stereocenters. The molecule has 0 saturated heterocycles. The number of hydrogen-bond donors (Lipinski definition) is 0. The maximum atomic E-state index is 12.2. The first-order chi connectivity index (χ1) is 8.42. The first kappa shape index (κ1) is 14.2. The molecule has 0 aromatic heterocycles. The molecule has 0 aliphatic rings. The zero-order valence-corrected chi connectivity index (χ0v) is 11.4. The van der Waals surface area contributed by atoms with Gasteiger partial charge in [0.2, 0.25) is 0 Å². The van der Waals surface area contributed by atoms with Gasteiger partial charge in [0.25, 0.3) is 0 Å². The van der Waals surface area contributed by atoms with Crippen molar-refractivity contribution in [3.8, 4) is 5.75 Å². The number of carbonyl (C=O) groups is 2. The molecule has 0 spiro atoms. The first-order valence-electron chi connectivity index (χ1n) is 5.69. The topological polar surface area (TPSA) is 52.6 Å². The van der Waals surface area contributed by atoms with Crippen LogP contribution in [0.25, 0.3) is 0 Å². The number of carbonyl (C=O) groups excluding carboxylic acids is 2. The predicted octanol–water partition coefficient (Wildman–Crippen LogP) is 2.30. The van der Waals surface area contributed by atoms with Gasteiger partial charge in [-0.3, -0.25) is 9.59 Å². The zero-order chi connectivity index (χ0) is 13.9. The fourth-order valence-corrected chi connectivity index (χ4v) is 1.79. The molecule has 0 aliphatic heterocycles. The minimum Gasteiger partial charge on any atom is -0.496 e. The van der Waals surface area contributed by atoms with Crippen LogP contribution < -0.4 is 4.74 Å². The molecule has 1 rings (SSSR count). The van der Waals surface area contributed by atoms with Crippen LogP contribution >= 0.6 is 0 Å². The Hall–Kier alpha value is -1.84. The molecule has 1 aromatic rings. The number of esters is 1. The minimum atomic E-state index is -0.790. The molecule has 4 nitrogen and oxygen atoms in total. The van der Waals surface area contributed by atoms with Gasteiger partial charge in [0.15, 0.2) is 5.78 Å². The van der Waals surface area contributed by atoms with Crippen molar-refractivity contribution < 1.29 is 19.1 Å². The molecule has 4 heteroatoms. The van der Waals surface area contributed by atoms with E-state index in [1.165, 1.54) is 7.11 Å². The summed E-state index contributed by atoms with van der Waals surface area (Å²) in [5, 5.41) is 0. The third-order valence-electron chi connectivity index (χ3n) is 2.96. The Kier molecular flexibility index (Phi) is 4.48. The maximum Gasteiger partial charge on any atom is 0.316 e. The second-order valence-corrected chi connectivity index (χ2v) is 4.25. The Morgan fingerprint density at radius 1 is 1.11 bits per heavy atom. The number of Topliss-reactive ketones (excluding diaryl/α,β-unsaturated/α-hetero) is 1. The Labute approximate surface area is 107 Å². The molecule has 0 aliphatic carbocycles. The normalized spacial score (nSPS) is 11.8. The SMILES string of the molecule is COC(=O)C(C)C(=O)c1cc(C)c(OC)cc1C. The van der Waals surface area contributed by atoms with Gasteiger partial charge in [-0.1, -0.05) is 0 Å². The molecule has 0 bridgehead atoms. The maximum absolute atomic E-state index is 12.2. The van der Waals surface area contributed by atoms with E-state index in [9.17, 15) is 9.59 Å². The minimum absolute atomic E-state index is 0.231. The number of benzene rings is 1. The Morgan fingerprint density at radius 2 is 1.72 bits per heavy atom. The Balaban J connectivity index is 3.14. The van der Waals surface area contributed by atoms with Gasteiger partial charge in [0, 0.05) is 5.56 Å². The molecule has 1 unspecified atom stereocenters. The predicted molar refractivity (Wildman–Crippen MR) is 68.0 cm³/mol. The lowest BCUT2D eigenvalue weighted by atomic mass is 9.94. The number of rotatable bonds is 4. The third-order valence-corrected chi connectivity index (χ3v) is 2.96. The third kappa shape index (κ3) is 2.70. The molecule has 0 radical (unpaired) electrons. The molecule has 1 aromatic carbocycles. The van der Waals surface area contributed by atoms with E-state index in [-0.39, 0.29) is 5.78 Å². The summed E-state index contributed by atoms with van der Waals surface area (Å²) in [5.74, 6) is -0.811. The largest absolute Gasteiger partial charge is 0.496 e. The lowest BCUT2D eigenvalue weighted by Gasteiger charge is -2.13. The molecule has 98 valence electrons. The van der Waals surface area contributed by atoms with Crippen molar-refractivity contribution >= 4 is 11.8 Å². The van der Waals surface area contributed by atoms with Crippen LogP contribution in [-0.2, 0) is 9.53 Å². The second-order valence-electron chi connectivity index (χ2n) is 4.25. The van der Waals surface area contributed by atoms with E-state index in [0.29, 0.717) is 5.56 Å². The molecule has 0 amide bonds. The van der Waals surface area contributed by atoms with Crippen molar-refractivity contribution in [3.05, 3.63) is 28.8 Å². The van der Waals surface area contributed by atoms with Crippen LogP contribution in [0.2, 0.25) is 0 Å². The van der Waals surface area contributed by atoms with Crippen molar-refractivity contribution in [1.29, 1.82) is 0 Å². The lowest BCUT2D eigenvalue weighted by molar-refractivity contribution is -0.143. The first-order valence-corrected chi connectivity index (χ1v) is 5.69. The van der Waals surface area contributed by atoms with Crippen molar-refractivity contribution in [2.45, 2.75) is 20.8 Å². The number of ether oxygens (including phenoxy) is 2. The number of aryl methyl sites for hydroxylation is 2. The van der Waals surface area contributed by atoms with E-state index >= 15 is 0 Å². The molecule has 0 saturated carbocycles. The summed E-state index contributed by atoms with van der Waals surface area (Å²) in [5.41, 5.74) is 2.19. The second kappa shape index (κ2) is 5.67. The highest BCUT2D eigenvalue weighted by Crippen LogP contribution is 2.24. The number of hydrogen-bond acceptors (Lipinski definition) is 4. The van der Waals surface area contributed by atoms with E-state index in [1.54, 1.807) is 26.2 Å². The van der Waals surface area contributed by atoms with E-state index in [2.05, 4.69) is 4.74 Å². The summed E-state index contributed by atoms with van der Waals surface area (Å²) < 4.78 is 9.77. The molecular formula is C14H18O4. The van der Waals surface area contributed by atoms with Gasteiger partial charge < -0.3 is 9.47 Å². The van der Waals surface area contributed by atoms with Gasteiger partial charge in [0.1, 0.15) is 11.7 Å². The summed E-state index contributed by atoms with van der Waals surface area (Å²) in [7, 11) is 2.86. The van der Waals surface area contributed by atoms with E-state index in [4.69, 9.17) is 4.74 Å². The number of methoxy groups -OCH3 is 2. The molecule has 0 N–H and O–H groups in total. The van der Waals surface area contributed by atoms with Crippen LogP contribution in [0.3, 0.4) is 0 Å². The highest BCUT2D eigenvalue weighted by atomic mass is 16.5. The van der Waals surface area contributed by atoms with Crippen LogP contribution in [0.15, 0.2) is 12.1 Å². The fourth-order valence-electron chi connectivity index (χ4n) is 1.79. The van der Waals surface area contributed by atoms with Gasteiger partial charge in [-0.25, -0.2) is 0 Å². The zero-order valence-electron chi connectivity index (χ0n) is 11.4. The summed E-state index contributed by atoms with van der Waals surface area (Å²) in [4.78, 5) is 23.6. The molecule has 0 fully saturated rings. The summed E-state index contributed by atoms with van der Waals surface area (Å²) in [6, 6.07) is 3.54. The van der Waals surface area contributed by atoms with Gasteiger partial charge in [0.05, 0.1) is 14.2 Å². The van der Waals surface area contributed by atoms with Gasteiger partial charge in [-0.15, -0.1) is 0 Å². The van der Waals surface area contributed by atoms with Crippen molar-refractivity contribution in [3.63, 3.8) is 0 Å². The molecule has 0 heterocycles. The van der Waals surface area contributed by atoms with Crippen molar-refractivity contribution in [1.82, 2.24) is 0 Å². The highest BCUT2D eigenvalue weighted by Gasteiger charge is 2.25. The van der Waals surface area contributed by atoms with E-state index in [1.807, 2.05) is 13.8 Å². The summed E-state index contributed by atoms with van der Waals surface area (Å²) in [6.45, 7) is 5.23. The van der Waals surface area contributed by atoms with Gasteiger partial charge in [-0.2, -0.15) is 0 Å². The Morgan fingerprint density at radius 3 is 2.22 bits per heavy atom. The lowest BCUT2D eigenvalue weighted by Crippen LogP contribution is -2.23. The number of ketones is 1. The summed E-state index contributed by atoms with van der Waals surface area (Å²) >= 11 is 0. The Bertz CT molecular complexity index is 477. The van der Waals surface area contributed by atoms with Crippen LogP contribution in [-0.4, -0.2) is 26.0 Å². The smallest absolute Gasteiger partial charge is 0.316 e. The van der Waals surface area contributed by atoms with Crippen molar-refractivity contribution in [2.75, 3.05) is 14.2 Å². The fraction of sp³-hybridized carbons (Fsp3) is 0.429. The van der Waals surface area contributed by atoms with Crippen LogP contribution in [0.5, 0.6) is 5.75 Å². The van der Waals surface area contributed by atoms with Crippen LogP contribution in [0, 0.1) is 19.8 Å². The standard InChI is InChI=1S/C14H18O4/c1-8-7-12(17-4)9(2)6-11(8)13(15)10(3)14(16)18-5/h6-7,10H,1-5H3. The van der Waals surface area contributed by atoms with Gasteiger partial charge >= 0.3 is 5.97 Å². The molecule has 18 heavy (non-hydrogen) atoms. The van der Waals surface area contributed by atoms with Crippen molar-refractivity contribution in [2.24, 2.45) is 5.92 Å². The highest BCUT2D eigenvalue weighted by molar-refractivity contribution is 6.09. The van der Waals surface area contributed by atoms with Crippen LogP contribution in [0.4, 0.5) is 0 Å². The monoisotopic (exact) mass is 250 g/mol. The quantitative estimate of drug-likeness (QED) is 0.467.